The molecular weight excluding hydrogens is 930 g/mol. The summed E-state index contributed by atoms with van der Waals surface area (Å²) in [6.45, 7) is 8.64. The number of piperazine rings is 2. The normalized spacial score (nSPS) is 25.7. The Morgan fingerprint density at radius 1 is 0.886 bits per heavy atom. The number of alkyl halides is 3. The summed E-state index contributed by atoms with van der Waals surface area (Å²) in [4.78, 5) is 62.3. The largest absolute Gasteiger partial charge is 0.463 e. The molecule has 12 rings (SSSR count). The number of nitrogens with two attached hydrogens (primary N) is 1. The van der Waals surface area contributed by atoms with E-state index in [4.69, 9.17) is 27.1 Å². The van der Waals surface area contributed by atoms with Gasteiger partial charge in [0.25, 0.3) is 5.91 Å². The van der Waals surface area contributed by atoms with E-state index in [1.165, 1.54) is 19.0 Å². The fourth-order valence-electron chi connectivity index (χ4n) is 12.7. The summed E-state index contributed by atoms with van der Waals surface area (Å²) in [6.07, 6.45) is 5.70. The van der Waals surface area contributed by atoms with E-state index in [2.05, 4.69) is 46.3 Å². The summed E-state index contributed by atoms with van der Waals surface area (Å²) in [5.74, 6) is -1.43. The molecule has 5 saturated heterocycles. The van der Waals surface area contributed by atoms with Gasteiger partial charge in [0.15, 0.2) is 5.82 Å². The molecule has 1 spiro atoms. The van der Waals surface area contributed by atoms with Crippen LogP contribution in [0.3, 0.4) is 0 Å². The Bertz CT molecular complexity index is 2780. The number of aromatic nitrogens is 3. The van der Waals surface area contributed by atoms with Crippen molar-refractivity contribution in [2.45, 2.75) is 101 Å². The minimum absolute atomic E-state index is 0.0153. The van der Waals surface area contributed by atoms with E-state index in [1.54, 1.807) is 4.90 Å². The highest BCUT2D eigenvalue weighted by atomic mass is 35.5. The van der Waals surface area contributed by atoms with Crippen molar-refractivity contribution in [3.63, 3.8) is 0 Å². The minimum atomic E-state index is -4.90. The van der Waals surface area contributed by atoms with Crippen LogP contribution in [0.2, 0.25) is 5.02 Å². The molecule has 2 unspecified atom stereocenters. The van der Waals surface area contributed by atoms with Crippen LogP contribution in [0.4, 0.5) is 34.8 Å². The van der Waals surface area contributed by atoms with Crippen LogP contribution in [0.5, 0.6) is 6.01 Å². The van der Waals surface area contributed by atoms with Crippen LogP contribution in [0.15, 0.2) is 36.5 Å². The molecule has 8 heterocycles. The standard InChI is InChI=1S/C50H56ClF4N11O4/c51-37-19-29(56)18-35(40(37)50(53,54)55)42-41(52)43-36(22-57-42)44(65-24-30-1-2-31(25-65)58-30)61-47(60-43)70-27-49(7-8-49)26-62-11-9-48(10-12-62)20-33(21-48)64-15-13-63(14-16-64)32-3-4-34-28(17-32)23-66(46(34)69)38-5-6-39(67)59-45(38)68/h3-4,17-19,22,30-31,33,38,58H,1-2,5-16,20-21,23-27,56H2,(H,59,67,68)/t30?,31?,38-/m0/s1. The number of carbonyl (C=O) groups excluding carboxylic acids is 3. The van der Waals surface area contributed by atoms with Crippen molar-refractivity contribution in [2.75, 3.05) is 81.0 Å². The third kappa shape index (κ3) is 8.37. The van der Waals surface area contributed by atoms with Crippen molar-refractivity contribution in [1.82, 2.24) is 40.3 Å². The highest BCUT2D eigenvalue weighted by Gasteiger charge is 2.51. The maximum atomic E-state index is 16.8. The number of likely N-dealkylation sites (tertiary alicyclic amines) is 1. The molecule has 6 aliphatic heterocycles. The fraction of sp³-hybridized carbons (Fsp3) is 0.560. The van der Waals surface area contributed by atoms with Crippen molar-refractivity contribution in [3.05, 3.63) is 64.1 Å². The lowest BCUT2D eigenvalue weighted by Gasteiger charge is -2.56. The van der Waals surface area contributed by atoms with Crippen LogP contribution in [0, 0.1) is 16.6 Å². The maximum Gasteiger partial charge on any atom is 0.418 e. The van der Waals surface area contributed by atoms with Gasteiger partial charge >= 0.3 is 12.2 Å². The van der Waals surface area contributed by atoms with Gasteiger partial charge in [0.05, 0.1) is 22.6 Å². The number of amides is 3. The topological polar surface area (TPSA) is 165 Å². The molecule has 2 aromatic carbocycles. The average molecular weight is 987 g/mol. The lowest BCUT2D eigenvalue weighted by atomic mass is 9.60. The van der Waals surface area contributed by atoms with Gasteiger partial charge in [-0.2, -0.15) is 23.1 Å². The molecule has 7 fully saturated rings. The SMILES string of the molecule is Nc1cc(Cl)c(C(F)(F)F)c(-c2ncc3c(N4CC5CCC(C4)N5)nc(OCC4(CN5CCC6(CC5)CC(N5CCN(c7ccc8c(c7)CN([C@H]7CCC(=O)NC7=O)C8=O)CC5)C6)CC4)nc3c2F)c1. The van der Waals surface area contributed by atoms with Crippen LogP contribution >= 0.6 is 11.6 Å². The number of hydrogen-bond acceptors (Lipinski definition) is 13. The van der Waals surface area contributed by atoms with Gasteiger partial charge in [0, 0.05) is 111 Å². The number of piperidine rings is 2. The first-order chi connectivity index (χ1) is 33.6. The Kier molecular flexibility index (Phi) is 11.2. The van der Waals surface area contributed by atoms with Crippen molar-refractivity contribution in [2.24, 2.45) is 10.8 Å². The van der Waals surface area contributed by atoms with Gasteiger partial charge in [0.2, 0.25) is 11.8 Å². The summed E-state index contributed by atoms with van der Waals surface area (Å²) < 4.78 is 66.2. The quantitative estimate of drug-likeness (QED) is 0.0963. The third-order valence-electron chi connectivity index (χ3n) is 16.8. The van der Waals surface area contributed by atoms with Crippen molar-refractivity contribution in [1.29, 1.82) is 0 Å². The van der Waals surface area contributed by atoms with E-state index in [1.807, 2.05) is 12.1 Å². The first-order valence-corrected chi connectivity index (χ1v) is 25.1. The highest BCUT2D eigenvalue weighted by molar-refractivity contribution is 6.32. The smallest absolute Gasteiger partial charge is 0.418 e. The van der Waals surface area contributed by atoms with Gasteiger partial charge in [-0.05, 0) is 112 Å². The number of imide groups is 1. The van der Waals surface area contributed by atoms with E-state index < -0.39 is 45.8 Å². The van der Waals surface area contributed by atoms with Gasteiger partial charge in [-0.15, -0.1) is 0 Å². The number of anilines is 3. The number of ether oxygens (including phenoxy) is 1. The fourth-order valence-corrected chi connectivity index (χ4v) is 13.0. The van der Waals surface area contributed by atoms with E-state index in [9.17, 15) is 27.6 Å². The summed E-state index contributed by atoms with van der Waals surface area (Å²) in [6, 6.07) is 8.44. The molecule has 2 saturated carbocycles. The molecule has 2 aromatic heterocycles. The monoisotopic (exact) mass is 985 g/mol. The van der Waals surface area contributed by atoms with Crippen LogP contribution in [0.25, 0.3) is 22.2 Å². The molecule has 20 heteroatoms. The van der Waals surface area contributed by atoms with E-state index in [-0.39, 0.29) is 52.9 Å². The van der Waals surface area contributed by atoms with Gasteiger partial charge < -0.3 is 35.4 Å². The molecule has 2 aliphatic carbocycles. The predicted octanol–water partition coefficient (Wildman–Crippen LogP) is 6.01. The van der Waals surface area contributed by atoms with Crippen LogP contribution in [-0.2, 0) is 22.3 Å². The molecule has 4 N–H and O–H groups in total. The van der Waals surface area contributed by atoms with E-state index in [0.29, 0.717) is 60.9 Å². The van der Waals surface area contributed by atoms with Gasteiger partial charge in [-0.3, -0.25) is 29.6 Å². The lowest BCUT2D eigenvalue weighted by molar-refractivity contribution is -0.138. The van der Waals surface area contributed by atoms with Crippen molar-refractivity contribution < 1.29 is 36.7 Å². The number of pyridine rings is 1. The molecule has 370 valence electrons. The number of hydrogen-bond donors (Lipinski definition) is 3. The zero-order valence-electron chi connectivity index (χ0n) is 38.8. The van der Waals surface area contributed by atoms with E-state index in [0.717, 1.165) is 108 Å². The number of halogens is 5. The Hall–Kier alpha value is -5.37. The summed E-state index contributed by atoms with van der Waals surface area (Å²) in [5, 5.41) is 5.63. The van der Waals surface area contributed by atoms with Gasteiger partial charge in [-0.25, -0.2) is 4.39 Å². The van der Waals surface area contributed by atoms with Gasteiger partial charge in [-0.1, -0.05) is 11.6 Å². The Morgan fingerprint density at radius 2 is 1.63 bits per heavy atom. The Labute approximate surface area is 407 Å². The number of benzene rings is 2. The Balaban J connectivity index is 0.666. The number of nitrogens with one attached hydrogen (secondary N) is 2. The number of nitrogens with zero attached hydrogens (tertiary/aromatic N) is 8. The van der Waals surface area contributed by atoms with Crippen LogP contribution in [-0.4, -0.2) is 137 Å². The second-order valence-electron chi connectivity index (χ2n) is 21.4. The first-order valence-electron chi connectivity index (χ1n) is 24.8. The van der Waals surface area contributed by atoms with Crippen molar-refractivity contribution in [3.8, 4) is 17.3 Å². The molecule has 0 radical (unpaired) electrons. The predicted molar refractivity (Wildman–Crippen MR) is 254 cm³/mol. The molecule has 4 aromatic rings. The molecule has 15 nitrogen and oxygen atoms in total. The first kappa shape index (κ1) is 45.7. The molecule has 3 atom stereocenters. The van der Waals surface area contributed by atoms with Crippen LogP contribution < -0.4 is 30.9 Å². The maximum absolute atomic E-state index is 16.8. The second-order valence-corrected chi connectivity index (χ2v) is 21.8. The minimum Gasteiger partial charge on any atom is -0.463 e. The second kappa shape index (κ2) is 17.2. The summed E-state index contributed by atoms with van der Waals surface area (Å²) in [7, 11) is 0. The van der Waals surface area contributed by atoms with E-state index >= 15 is 4.39 Å². The molecule has 2 bridgehead atoms. The molecule has 70 heavy (non-hydrogen) atoms. The number of rotatable bonds is 10. The summed E-state index contributed by atoms with van der Waals surface area (Å²) >= 11 is 6.07. The highest BCUT2D eigenvalue weighted by Crippen LogP contribution is 2.53. The molecule has 3 amide bonds. The number of nitrogen functional groups attached to an aromatic ring is 1. The Morgan fingerprint density at radius 3 is 2.33 bits per heavy atom. The van der Waals surface area contributed by atoms with Crippen LogP contribution in [0.1, 0.15) is 85.7 Å². The average Bonchev–Trinajstić information content (AvgIpc) is 3.90. The molecule has 8 aliphatic rings. The van der Waals surface area contributed by atoms with Crippen molar-refractivity contribution >= 4 is 57.4 Å². The zero-order valence-corrected chi connectivity index (χ0v) is 39.6. The number of fused-ring (bicyclic) bond motifs is 4. The number of carbonyl (C=O) groups is 3. The summed E-state index contributed by atoms with van der Waals surface area (Å²) in [5.41, 5.74) is 6.28. The third-order valence-corrected chi connectivity index (χ3v) is 17.1. The molecular formula is C50H56ClF4N11O4. The lowest BCUT2D eigenvalue weighted by Crippen LogP contribution is -2.59. The van der Waals surface area contributed by atoms with Gasteiger partial charge in [0.1, 0.15) is 23.1 Å². The zero-order chi connectivity index (χ0) is 48.3.